The fourth-order valence-corrected chi connectivity index (χ4v) is 4.65. The lowest BCUT2D eigenvalue weighted by atomic mass is 10.1. The highest BCUT2D eigenvalue weighted by Gasteiger charge is 2.13. The van der Waals surface area contributed by atoms with E-state index in [9.17, 15) is 0 Å². The van der Waals surface area contributed by atoms with Crippen molar-refractivity contribution in [1.82, 2.24) is 19.1 Å². The Kier molecular flexibility index (Phi) is 3.49. The molecule has 5 aromatic rings. The molecule has 0 saturated heterocycles. The van der Waals surface area contributed by atoms with E-state index < -0.39 is 0 Å². The van der Waals surface area contributed by atoms with E-state index in [1.807, 2.05) is 23.7 Å². The number of hydrogen-bond acceptors (Lipinski definition) is 3. The molecule has 0 saturated carbocycles. The highest BCUT2D eigenvalue weighted by Crippen LogP contribution is 2.38. The first-order valence-corrected chi connectivity index (χ1v) is 9.78. The van der Waals surface area contributed by atoms with Gasteiger partial charge in [-0.3, -0.25) is 0 Å². The molecule has 0 aliphatic heterocycles. The van der Waals surface area contributed by atoms with Crippen LogP contribution >= 0.6 is 11.3 Å². The summed E-state index contributed by atoms with van der Waals surface area (Å²) in [5, 5.41) is 2.56. The van der Waals surface area contributed by atoms with Crippen LogP contribution in [0, 0.1) is 13.8 Å². The Balaban J connectivity index is 1.74. The van der Waals surface area contributed by atoms with E-state index in [0.717, 1.165) is 34.2 Å². The lowest BCUT2D eigenvalue weighted by molar-refractivity contribution is 0.884. The fourth-order valence-electron chi connectivity index (χ4n) is 3.58. The minimum atomic E-state index is 1.00. The number of thiophene rings is 1. The van der Waals surface area contributed by atoms with Crippen LogP contribution in [0.2, 0.25) is 0 Å². The molecule has 5 heteroatoms. The molecule has 0 unspecified atom stereocenters. The summed E-state index contributed by atoms with van der Waals surface area (Å²) < 4.78 is 6.87. The van der Waals surface area contributed by atoms with Crippen LogP contribution in [0.4, 0.5) is 0 Å². The smallest absolute Gasteiger partial charge is 0.139 e. The van der Waals surface area contributed by atoms with Gasteiger partial charge in [-0.25, -0.2) is 9.97 Å². The maximum Gasteiger partial charge on any atom is 0.139 e. The number of nitrogens with zero attached hydrogens (tertiary/aromatic N) is 4. The highest BCUT2D eigenvalue weighted by molar-refractivity contribution is 7.25. The molecule has 0 N–H and O–H groups in total. The number of aromatic nitrogens is 4. The maximum atomic E-state index is 4.59. The molecule has 3 heterocycles. The summed E-state index contributed by atoms with van der Waals surface area (Å²) in [5.74, 6) is 2.01. The first kappa shape index (κ1) is 16.3. The van der Waals surface area contributed by atoms with E-state index in [4.69, 9.17) is 0 Å². The van der Waals surface area contributed by atoms with Crippen molar-refractivity contribution in [3.05, 3.63) is 60.2 Å². The molecule has 27 heavy (non-hydrogen) atoms. The Hall–Kier alpha value is -2.92. The van der Waals surface area contributed by atoms with Crippen LogP contribution in [0.15, 0.2) is 48.8 Å². The topological polar surface area (TPSA) is 35.6 Å². The summed E-state index contributed by atoms with van der Waals surface area (Å²) in [6, 6.07) is 13.3. The second-order valence-electron chi connectivity index (χ2n) is 7.09. The zero-order valence-electron chi connectivity index (χ0n) is 15.8. The van der Waals surface area contributed by atoms with Gasteiger partial charge in [-0.05, 0) is 50.2 Å². The quantitative estimate of drug-likeness (QED) is 0.412. The minimum Gasteiger partial charge on any atom is -0.331 e. The Morgan fingerprint density at radius 3 is 1.52 bits per heavy atom. The molecular formula is C22H20N4S. The average molecular weight is 372 g/mol. The van der Waals surface area contributed by atoms with Crippen LogP contribution in [0.3, 0.4) is 0 Å². The van der Waals surface area contributed by atoms with Crippen molar-refractivity contribution in [3.63, 3.8) is 0 Å². The van der Waals surface area contributed by atoms with E-state index in [2.05, 4.69) is 83.4 Å². The van der Waals surface area contributed by atoms with E-state index >= 15 is 0 Å². The first-order valence-electron chi connectivity index (χ1n) is 8.96. The second kappa shape index (κ2) is 5.79. The van der Waals surface area contributed by atoms with Crippen molar-refractivity contribution in [2.45, 2.75) is 13.8 Å². The number of rotatable bonds is 2. The third-order valence-corrected chi connectivity index (χ3v) is 6.58. The molecule has 134 valence electrons. The molecule has 0 aliphatic carbocycles. The van der Waals surface area contributed by atoms with Crippen molar-refractivity contribution in [1.29, 1.82) is 0 Å². The van der Waals surface area contributed by atoms with Gasteiger partial charge in [-0.15, -0.1) is 11.3 Å². The highest BCUT2D eigenvalue weighted by atomic mass is 32.1. The molecule has 0 radical (unpaired) electrons. The Bertz CT molecular complexity index is 1220. The number of hydrogen-bond donors (Lipinski definition) is 0. The van der Waals surface area contributed by atoms with E-state index in [1.165, 1.54) is 20.2 Å². The molecule has 4 nitrogen and oxygen atoms in total. The maximum absolute atomic E-state index is 4.59. The van der Waals surface area contributed by atoms with Crippen molar-refractivity contribution in [3.8, 4) is 22.8 Å². The van der Waals surface area contributed by atoms with Crippen LogP contribution in [0.5, 0.6) is 0 Å². The van der Waals surface area contributed by atoms with Crippen LogP contribution < -0.4 is 0 Å². The van der Waals surface area contributed by atoms with Gasteiger partial charge < -0.3 is 9.13 Å². The zero-order chi connectivity index (χ0) is 18.7. The van der Waals surface area contributed by atoms with Crippen molar-refractivity contribution in [2.75, 3.05) is 0 Å². The lowest BCUT2D eigenvalue weighted by Crippen LogP contribution is -1.94. The summed E-state index contributed by atoms with van der Waals surface area (Å²) >= 11 is 1.83. The van der Waals surface area contributed by atoms with Gasteiger partial charge in [0, 0.05) is 69.2 Å². The van der Waals surface area contributed by atoms with Gasteiger partial charge >= 0.3 is 0 Å². The second-order valence-corrected chi connectivity index (χ2v) is 8.17. The molecule has 0 bridgehead atoms. The van der Waals surface area contributed by atoms with E-state index in [0.29, 0.717) is 0 Å². The Morgan fingerprint density at radius 2 is 1.15 bits per heavy atom. The zero-order valence-corrected chi connectivity index (χ0v) is 16.6. The van der Waals surface area contributed by atoms with Gasteiger partial charge in [0.15, 0.2) is 0 Å². The Morgan fingerprint density at radius 1 is 0.704 bits per heavy atom. The predicted octanol–water partition coefficient (Wildman–Crippen LogP) is 5.47. The van der Waals surface area contributed by atoms with Gasteiger partial charge in [0.1, 0.15) is 11.6 Å². The summed E-state index contributed by atoms with van der Waals surface area (Å²) in [4.78, 5) is 9.18. The van der Waals surface area contributed by atoms with Crippen LogP contribution in [-0.2, 0) is 14.1 Å². The third kappa shape index (κ3) is 2.42. The van der Waals surface area contributed by atoms with Gasteiger partial charge in [-0.1, -0.05) is 0 Å². The molecule has 0 amide bonds. The normalized spacial score (nSPS) is 11.7. The fraction of sp³-hybridized carbons (Fsp3) is 0.182. The van der Waals surface area contributed by atoms with Crippen molar-refractivity contribution < 1.29 is 0 Å². The predicted molar refractivity (Wildman–Crippen MR) is 113 cm³/mol. The SMILES string of the molecule is Cc1cnc(-c2ccc3sc4ccc(-c5ncc(C)n5C)cc4c3c2)n1C. The molecule has 0 atom stereocenters. The Labute approximate surface area is 161 Å². The first-order chi connectivity index (χ1) is 13.0. The van der Waals surface area contributed by atoms with Gasteiger partial charge in [0.2, 0.25) is 0 Å². The third-order valence-electron chi connectivity index (χ3n) is 5.43. The molecule has 2 aromatic carbocycles. The van der Waals surface area contributed by atoms with Crippen molar-refractivity contribution in [2.24, 2.45) is 14.1 Å². The average Bonchev–Trinajstić information content (AvgIpc) is 3.31. The molecule has 5 rings (SSSR count). The van der Waals surface area contributed by atoms with Crippen LogP contribution in [0.25, 0.3) is 42.9 Å². The van der Waals surface area contributed by atoms with Gasteiger partial charge in [0.25, 0.3) is 0 Å². The lowest BCUT2D eigenvalue weighted by Gasteiger charge is -2.05. The number of fused-ring (bicyclic) bond motifs is 3. The molecule has 0 fully saturated rings. The number of aryl methyl sites for hydroxylation is 2. The monoisotopic (exact) mass is 372 g/mol. The molecule has 0 aliphatic rings. The standard InChI is InChI=1S/C22H20N4S/c1-13-11-23-21(25(13)3)15-5-7-19-17(9-15)18-10-16(6-8-20(18)27-19)22-24-12-14(2)26(22)4/h5-12H,1-4H3. The summed E-state index contributed by atoms with van der Waals surface area (Å²) in [6.07, 6.45) is 3.85. The number of benzene rings is 2. The molecule has 3 aromatic heterocycles. The van der Waals surface area contributed by atoms with Crippen LogP contribution in [0.1, 0.15) is 11.4 Å². The van der Waals surface area contributed by atoms with Crippen LogP contribution in [-0.4, -0.2) is 19.1 Å². The van der Waals surface area contributed by atoms with E-state index in [1.54, 1.807) is 0 Å². The molecular weight excluding hydrogens is 352 g/mol. The largest absolute Gasteiger partial charge is 0.331 e. The summed E-state index contributed by atoms with van der Waals surface area (Å²) in [5.41, 5.74) is 4.62. The summed E-state index contributed by atoms with van der Waals surface area (Å²) in [6.45, 7) is 4.16. The van der Waals surface area contributed by atoms with Gasteiger partial charge in [0.05, 0.1) is 0 Å². The van der Waals surface area contributed by atoms with Crippen molar-refractivity contribution >= 4 is 31.5 Å². The molecule has 0 spiro atoms. The van der Waals surface area contributed by atoms with E-state index in [-0.39, 0.29) is 0 Å². The summed E-state index contributed by atoms with van der Waals surface area (Å²) in [7, 11) is 4.13. The minimum absolute atomic E-state index is 1.00. The van der Waals surface area contributed by atoms with Gasteiger partial charge in [-0.2, -0.15) is 0 Å². The number of imidazole rings is 2.